The maximum atomic E-state index is 13.9. The monoisotopic (exact) mass is 266 g/mol. The Kier molecular flexibility index (Phi) is 4.50. The normalized spacial score (nSPS) is 23.1. The van der Waals surface area contributed by atoms with Crippen molar-refractivity contribution >= 4 is 5.91 Å². The number of carbonyl (C=O) groups excluding carboxylic acids is 1. The van der Waals surface area contributed by atoms with Crippen LogP contribution >= 0.6 is 0 Å². The summed E-state index contributed by atoms with van der Waals surface area (Å²) >= 11 is 0. The molecule has 1 aromatic carbocycles. The molecule has 1 amide bonds. The van der Waals surface area contributed by atoms with Crippen LogP contribution in [0.4, 0.5) is 4.39 Å². The molecule has 1 aliphatic heterocycles. The van der Waals surface area contributed by atoms with E-state index in [0.29, 0.717) is 25.1 Å². The standard InChI is InChI=1S/C14H19FN2O2/c1-3-12-14(18)17(8-9-19-2)13(16-12)10-6-4-5-7-11(10)15/h4-7,12-13,16H,3,8-9H2,1-2H3. The molecular formula is C14H19FN2O2. The molecule has 1 aliphatic rings. The van der Waals surface area contributed by atoms with E-state index in [-0.39, 0.29) is 17.8 Å². The first-order valence-electron chi connectivity index (χ1n) is 6.49. The van der Waals surface area contributed by atoms with Crippen LogP contribution in [0.1, 0.15) is 25.1 Å². The van der Waals surface area contributed by atoms with Crippen molar-refractivity contribution in [2.75, 3.05) is 20.3 Å². The number of amides is 1. The minimum absolute atomic E-state index is 0.00723. The van der Waals surface area contributed by atoms with Gasteiger partial charge in [0.05, 0.1) is 12.6 Å². The average Bonchev–Trinajstić information content (AvgIpc) is 2.73. The Morgan fingerprint density at radius 3 is 2.79 bits per heavy atom. The second-order valence-electron chi connectivity index (χ2n) is 4.58. The minimum atomic E-state index is -0.409. The Bertz CT molecular complexity index is 453. The lowest BCUT2D eigenvalue weighted by molar-refractivity contribution is -0.130. The number of rotatable bonds is 5. The lowest BCUT2D eigenvalue weighted by Gasteiger charge is -2.24. The summed E-state index contributed by atoms with van der Waals surface area (Å²) < 4.78 is 18.9. The molecule has 0 bridgehead atoms. The quantitative estimate of drug-likeness (QED) is 0.881. The van der Waals surface area contributed by atoms with E-state index in [0.717, 1.165) is 0 Å². The van der Waals surface area contributed by atoms with E-state index < -0.39 is 6.17 Å². The molecule has 2 unspecified atom stereocenters. The zero-order valence-electron chi connectivity index (χ0n) is 11.2. The van der Waals surface area contributed by atoms with E-state index in [1.54, 1.807) is 30.2 Å². The SMILES string of the molecule is CCC1NC(c2ccccc2F)N(CCOC)C1=O. The van der Waals surface area contributed by atoms with Gasteiger partial charge in [0.1, 0.15) is 12.0 Å². The van der Waals surface area contributed by atoms with E-state index in [9.17, 15) is 9.18 Å². The molecule has 0 aromatic heterocycles. The fourth-order valence-electron chi connectivity index (χ4n) is 2.36. The molecule has 0 saturated carbocycles. The van der Waals surface area contributed by atoms with Crippen LogP contribution in [0.2, 0.25) is 0 Å². The van der Waals surface area contributed by atoms with Crippen molar-refractivity contribution in [1.29, 1.82) is 0 Å². The van der Waals surface area contributed by atoms with Crippen molar-refractivity contribution < 1.29 is 13.9 Å². The molecule has 1 fully saturated rings. The third-order valence-electron chi connectivity index (χ3n) is 3.40. The first-order chi connectivity index (χ1) is 9.19. The lowest BCUT2D eigenvalue weighted by atomic mass is 10.1. The van der Waals surface area contributed by atoms with Gasteiger partial charge in [-0.1, -0.05) is 25.1 Å². The molecular weight excluding hydrogens is 247 g/mol. The van der Waals surface area contributed by atoms with Gasteiger partial charge in [-0.25, -0.2) is 4.39 Å². The molecule has 104 valence electrons. The third-order valence-corrected chi connectivity index (χ3v) is 3.40. The predicted octanol–water partition coefficient (Wildman–Crippen LogP) is 1.68. The van der Waals surface area contributed by atoms with Gasteiger partial charge in [0.25, 0.3) is 0 Å². The number of nitrogens with zero attached hydrogens (tertiary/aromatic N) is 1. The number of hydrogen-bond acceptors (Lipinski definition) is 3. The van der Waals surface area contributed by atoms with Gasteiger partial charge in [-0.15, -0.1) is 0 Å². The summed E-state index contributed by atoms with van der Waals surface area (Å²) in [5.74, 6) is -0.292. The van der Waals surface area contributed by atoms with Crippen LogP contribution in [-0.4, -0.2) is 37.1 Å². The highest BCUT2D eigenvalue weighted by molar-refractivity contribution is 5.84. The van der Waals surface area contributed by atoms with Crippen molar-refractivity contribution in [3.63, 3.8) is 0 Å². The summed E-state index contributed by atoms with van der Waals surface area (Å²) in [4.78, 5) is 13.9. The first kappa shape index (κ1) is 14.0. The van der Waals surface area contributed by atoms with Gasteiger partial charge in [-0.2, -0.15) is 0 Å². The van der Waals surface area contributed by atoms with Gasteiger partial charge >= 0.3 is 0 Å². The highest BCUT2D eigenvalue weighted by Gasteiger charge is 2.39. The molecule has 1 heterocycles. The Labute approximate surface area is 112 Å². The maximum Gasteiger partial charge on any atom is 0.241 e. The predicted molar refractivity (Wildman–Crippen MR) is 69.9 cm³/mol. The molecule has 1 aromatic rings. The Morgan fingerprint density at radius 1 is 1.42 bits per heavy atom. The van der Waals surface area contributed by atoms with Crippen molar-refractivity contribution in [3.8, 4) is 0 Å². The van der Waals surface area contributed by atoms with Gasteiger partial charge in [0.15, 0.2) is 0 Å². The van der Waals surface area contributed by atoms with Crippen LogP contribution in [0.25, 0.3) is 0 Å². The number of methoxy groups -OCH3 is 1. The molecule has 4 nitrogen and oxygen atoms in total. The van der Waals surface area contributed by atoms with Crippen molar-refractivity contribution in [2.45, 2.75) is 25.6 Å². The van der Waals surface area contributed by atoms with Gasteiger partial charge in [-0.05, 0) is 12.5 Å². The van der Waals surface area contributed by atoms with E-state index >= 15 is 0 Å². The fraction of sp³-hybridized carbons (Fsp3) is 0.500. The van der Waals surface area contributed by atoms with Crippen LogP contribution in [-0.2, 0) is 9.53 Å². The summed E-state index contributed by atoms with van der Waals surface area (Å²) in [5, 5.41) is 3.19. The number of halogens is 1. The van der Waals surface area contributed by atoms with Crippen LogP contribution < -0.4 is 5.32 Å². The van der Waals surface area contributed by atoms with Gasteiger partial charge in [0.2, 0.25) is 5.91 Å². The van der Waals surface area contributed by atoms with Gasteiger partial charge in [-0.3, -0.25) is 10.1 Å². The molecule has 2 rings (SSSR count). The number of carbonyl (C=O) groups is 1. The van der Waals surface area contributed by atoms with Crippen LogP contribution in [0.15, 0.2) is 24.3 Å². The lowest BCUT2D eigenvalue weighted by Crippen LogP contribution is -2.34. The molecule has 2 atom stereocenters. The molecule has 5 heteroatoms. The zero-order valence-corrected chi connectivity index (χ0v) is 11.2. The molecule has 1 saturated heterocycles. The molecule has 0 aliphatic carbocycles. The molecule has 0 radical (unpaired) electrons. The van der Waals surface area contributed by atoms with E-state index in [1.807, 2.05) is 6.92 Å². The Balaban J connectivity index is 2.26. The molecule has 0 spiro atoms. The minimum Gasteiger partial charge on any atom is -0.383 e. The van der Waals surface area contributed by atoms with Crippen molar-refractivity contribution in [2.24, 2.45) is 0 Å². The summed E-state index contributed by atoms with van der Waals surface area (Å²) in [6.07, 6.45) is 0.279. The summed E-state index contributed by atoms with van der Waals surface area (Å²) in [5.41, 5.74) is 0.503. The van der Waals surface area contributed by atoms with Crippen LogP contribution in [0, 0.1) is 5.82 Å². The van der Waals surface area contributed by atoms with Crippen LogP contribution in [0.3, 0.4) is 0 Å². The maximum absolute atomic E-state index is 13.9. The van der Waals surface area contributed by atoms with E-state index in [4.69, 9.17) is 4.74 Å². The largest absolute Gasteiger partial charge is 0.383 e. The number of ether oxygens (including phenoxy) is 1. The third kappa shape index (κ3) is 2.77. The van der Waals surface area contributed by atoms with Crippen LogP contribution in [0.5, 0.6) is 0 Å². The second kappa shape index (κ2) is 6.12. The number of hydrogen-bond donors (Lipinski definition) is 1. The first-order valence-corrected chi connectivity index (χ1v) is 6.49. The van der Waals surface area contributed by atoms with Gasteiger partial charge in [0, 0.05) is 19.2 Å². The highest BCUT2D eigenvalue weighted by atomic mass is 19.1. The number of benzene rings is 1. The van der Waals surface area contributed by atoms with Crippen molar-refractivity contribution in [1.82, 2.24) is 10.2 Å². The fourth-order valence-corrected chi connectivity index (χ4v) is 2.36. The van der Waals surface area contributed by atoms with Gasteiger partial charge < -0.3 is 9.64 Å². The zero-order chi connectivity index (χ0) is 13.8. The average molecular weight is 266 g/mol. The molecule has 19 heavy (non-hydrogen) atoms. The summed E-state index contributed by atoms with van der Waals surface area (Å²) in [6.45, 7) is 2.83. The molecule has 1 N–H and O–H groups in total. The number of nitrogens with one attached hydrogen (secondary N) is 1. The second-order valence-corrected chi connectivity index (χ2v) is 4.58. The summed E-state index contributed by atoms with van der Waals surface area (Å²) in [6, 6.07) is 6.29. The van der Waals surface area contributed by atoms with E-state index in [1.165, 1.54) is 6.07 Å². The highest BCUT2D eigenvalue weighted by Crippen LogP contribution is 2.27. The Hall–Kier alpha value is -1.46. The Morgan fingerprint density at radius 2 is 2.16 bits per heavy atom. The summed E-state index contributed by atoms with van der Waals surface area (Å²) in [7, 11) is 1.59. The smallest absolute Gasteiger partial charge is 0.241 e. The topological polar surface area (TPSA) is 41.6 Å². The van der Waals surface area contributed by atoms with Crippen molar-refractivity contribution in [3.05, 3.63) is 35.6 Å². The van der Waals surface area contributed by atoms with E-state index in [2.05, 4.69) is 5.32 Å².